The lowest BCUT2D eigenvalue weighted by atomic mass is 10.1. The highest BCUT2D eigenvalue weighted by Crippen LogP contribution is 2.13. The summed E-state index contributed by atoms with van der Waals surface area (Å²) in [6, 6.07) is 10.4. The molecule has 0 spiro atoms. The van der Waals surface area contributed by atoms with Gasteiger partial charge in [0.15, 0.2) is 0 Å². The molecule has 0 aliphatic heterocycles. The molecule has 0 atom stereocenters. The second kappa shape index (κ2) is 6.13. The molecule has 1 aromatic heterocycles. The van der Waals surface area contributed by atoms with Crippen molar-refractivity contribution in [2.45, 2.75) is 32.9 Å². The van der Waals surface area contributed by atoms with Crippen LogP contribution in [0.15, 0.2) is 36.5 Å². The smallest absolute Gasteiger partial charge is 0.0750 e. The molecule has 0 saturated carbocycles. The highest BCUT2D eigenvalue weighted by molar-refractivity contribution is 5.78. The third kappa shape index (κ3) is 4.01. The van der Waals surface area contributed by atoms with Gasteiger partial charge in [0, 0.05) is 31.3 Å². The quantitative estimate of drug-likeness (QED) is 0.864. The van der Waals surface area contributed by atoms with Crippen LogP contribution in [-0.4, -0.2) is 23.7 Å². The predicted octanol–water partition coefficient (Wildman–Crippen LogP) is 3.14. The lowest BCUT2D eigenvalue weighted by Gasteiger charge is -2.25. The standard InChI is InChI=1S/C16H22N2O/c1-4-19-16(2,3)12-17-11-13-7-8-15-14(10-13)6-5-9-18-15/h5-10,17H,4,11-12H2,1-3H3. The van der Waals surface area contributed by atoms with Gasteiger partial charge >= 0.3 is 0 Å². The van der Waals surface area contributed by atoms with Crippen molar-refractivity contribution in [2.75, 3.05) is 13.2 Å². The number of nitrogens with zero attached hydrogens (tertiary/aromatic N) is 1. The lowest BCUT2D eigenvalue weighted by molar-refractivity contribution is -0.00897. The van der Waals surface area contributed by atoms with Gasteiger partial charge in [-0.1, -0.05) is 12.1 Å². The molecule has 0 aliphatic rings. The van der Waals surface area contributed by atoms with Crippen molar-refractivity contribution in [2.24, 2.45) is 0 Å². The number of hydrogen-bond acceptors (Lipinski definition) is 3. The minimum Gasteiger partial charge on any atom is -0.375 e. The molecule has 0 amide bonds. The SMILES string of the molecule is CCOC(C)(C)CNCc1ccc2ncccc2c1. The van der Waals surface area contributed by atoms with Crippen molar-refractivity contribution in [1.29, 1.82) is 0 Å². The van der Waals surface area contributed by atoms with Crippen molar-refractivity contribution >= 4 is 10.9 Å². The molecule has 1 heterocycles. The third-order valence-electron chi connectivity index (χ3n) is 3.08. The van der Waals surface area contributed by atoms with E-state index in [1.807, 2.05) is 19.2 Å². The predicted molar refractivity (Wildman–Crippen MR) is 79.2 cm³/mol. The Morgan fingerprint density at radius 3 is 2.89 bits per heavy atom. The van der Waals surface area contributed by atoms with E-state index in [1.54, 1.807) is 0 Å². The second-order valence-electron chi connectivity index (χ2n) is 5.33. The van der Waals surface area contributed by atoms with Crippen LogP contribution in [-0.2, 0) is 11.3 Å². The van der Waals surface area contributed by atoms with Crippen LogP contribution in [0.3, 0.4) is 0 Å². The maximum Gasteiger partial charge on any atom is 0.0750 e. The molecule has 0 saturated heterocycles. The average molecular weight is 258 g/mol. The number of hydrogen-bond donors (Lipinski definition) is 1. The summed E-state index contributed by atoms with van der Waals surface area (Å²) in [5.41, 5.74) is 2.20. The summed E-state index contributed by atoms with van der Waals surface area (Å²) in [5.74, 6) is 0. The molecule has 0 unspecified atom stereocenters. The highest BCUT2D eigenvalue weighted by atomic mass is 16.5. The molecular formula is C16H22N2O. The zero-order valence-electron chi connectivity index (χ0n) is 11.9. The van der Waals surface area contributed by atoms with Gasteiger partial charge in [-0.3, -0.25) is 4.98 Å². The van der Waals surface area contributed by atoms with Crippen LogP contribution < -0.4 is 5.32 Å². The Labute approximate surface area is 115 Å². The van der Waals surface area contributed by atoms with Gasteiger partial charge in [0.1, 0.15) is 0 Å². The molecule has 1 N–H and O–H groups in total. The number of nitrogens with one attached hydrogen (secondary N) is 1. The van der Waals surface area contributed by atoms with Gasteiger partial charge in [0.2, 0.25) is 0 Å². The molecule has 0 fully saturated rings. The van der Waals surface area contributed by atoms with Gasteiger partial charge in [0.05, 0.1) is 11.1 Å². The monoisotopic (exact) mass is 258 g/mol. The lowest BCUT2D eigenvalue weighted by Crippen LogP contribution is -2.37. The molecule has 3 nitrogen and oxygen atoms in total. The number of benzene rings is 1. The largest absolute Gasteiger partial charge is 0.375 e. The van der Waals surface area contributed by atoms with Gasteiger partial charge in [-0.05, 0) is 44.5 Å². The molecule has 0 aliphatic carbocycles. The number of rotatable bonds is 6. The van der Waals surface area contributed by atoms with Gasteiger partial charge < -0.3 is 10.1 Å². The van der Waals surface area contributed by atoms with Crippen LogP contribution >= 0.6 is 0 Å². The minimum atomic E-state index is -0.118. The molecule has 3 heteroatoms. The fourth-order valence-electron chi connectivity index (χ4n) is 2.18. The van der Waals surface area contributed by atoms with Gasteiger partial charge in [-0.15, -0.1) is 0 Å². The number of pyridine rings is 1. The zero-order chi connectivity index (χ0) is 13.7. The molecule has 1 aromatic carbocycles. The van der Waals surface area contributed by atoms with Crippen LogP contribution in [0.1, 0.15) is 26.3 Å². The Morgan fingerprint density at radius 1 is 1.26 bits per heavy atom. The zero-order valence-corrected chi connectivity index (χ0v) is 11.9. The van der Waals surface area contributed by atoms with Gasteiger partial charge in [-0.2, -0.15) is 0 Å². The van der Waals surface area contributed by atoms with Gasteiger partial charge in [0.25, 0.3) is 0 Å². The molecule has 102 valence electrons. The summed E-state index contributed by atoms with van der Waals surface area (Å²) < 4.78 is 5.67. The van der Waals surface area contributed by atoms with Crippen molar-refractivity contribution in [3.63, 3.8) is 0 Å². The van der Waals surface area contributed by atoms with Crippen LogP contribution in [0, 0.1) is 0 Å². The van der Waals surface area contributed by atoms with Crippen molar-refractivity contribution < 1.29 is 4.74 Å². The number of fused-ring (bicyclic) bond motifs is 1. The summed E-state index contributed by atoms with van der Waals surface area (Å²) in [4.78, 5) is 4.33. The van der Waals surface area contributed by atoms with Crippen LogP contribution in [0.25, 0.3) is 10.9 Å². The van der Waals surface area contributed by atoms with E-state index in [0.29, 0.717) is 0 Å². The summed E-state index contributed by atoms with van der Waals surface area (Å²) >= 11 is 0. The van der Waals surface area contributed by atoms with E-state index >= 15 is 0 Å². The van der Waals surface area contributed by atoms with E-state index in [-0.39, 0.29) is 5.60 Å². The first kappa shape index (κ1) is 14.0. The summed E-state index contributed by atoms with van der Waals surface area (Å²) in [5, 5.41) is 4.63. The fraction of sp³-hybridized carbons (Fsp3) is 0.438. The van der Waals surface area contributed by atoms with E-state index in [9.17, 15) is 0 Å². The van der Waals surface area contributed by atoms with Crippen LogP contribution in [0.2, 0.25) is 0 Å². The van der Waals surface area contributed by atoms with E-state index in [1.165, 1.54) is 10.9 Å². The Morgan fingerprint density at radius 2 is 2.11 bits per heavy atom. The summed E-state index contributed by atoms with van der Waals surface area (Å²) in [7, 11) is 0. The number of aromatic nitrogens is 1. The van der Waals surface area contributed by atoms with E-state index in [4.69, 9.17) is 4.74 Å². The Bertz CT molecular complexity index is 537. The van der Waals surface area contributed by atoms with E-state index in [0.717, 1.165) is 25.2 Å². The maximum absolute atomic E-state index is 5.67. The Kier molecular flexibility index (Phi) is 4.51. The van der Waals surface area contributed by atoms with Gasteiger partial charge in [-0.25, -0.2) is 0 Å². The molecule has 0 bridgehead atoms. The van der Waals surface area contributed by atoms with Crippen LogP contribution in [0.4, 0.5) is 0 Å². The van der Waals surface area contributed by atoms with E-state index in [2.05, 4.69) is 48.4 Å². The van der Waals surface area contributed by atoms with Crippen molar-refractivity contribution in [3.8, 4) is 0 Å². The normalized spacial score (nSPS) is 11.9. The average Bonchev–Trinajstić information content (AvgIpc) is 2.38. The molecular weight excluding hydrogens is 236 g/mol. The molecule has 2 rings (SSSR count). The topological polar surface area (TPSA) is 34.1 Å². The molecule has 0 radical (unpaired) electrons. The maximum atomic E-state index is 5.67. The minimum absolute atomic E-state index is 0.118. The fourth-order valence-corrected chi connectivity index (χ4v) is 2.18. The van der Waals surface area contributed by atoms with Crippen LogP contribution in [0.5, 0.6) is 0 Å². The van der Waals surface area contributed by atoms with Crippen molar-refractivity contribution in [1.82, 2.24) is 10.3 Å². The first-order valence-electron chi connectivity index (χ1n) is 6.79. The second-order valence-corrected chi connectivity index (χ2v) is 5.33. The highest BCUT2D eigenvalue weighted by Gasteiger charge is 2.16. The first-order chi connectivity index (χ1) is 9.11. The molecule has 19 heavy (non-hydrogen) atoms. The summed E-state index contributed by atoms with van der Waals surface area (Å²) in [6.45, 7) is 8.67. The van der Waals surface area contributed by atoms with E-state index < -0.39 is 0 Å². The van der Waals surface area contributed by atoms with Crippen molar-refractivity contribution in [3.05, 3.63) is 42.1 Å². The summed E-state index contributed by atoms with van der Waals surface area (Å²) in [6.07, 6.45) is 1.82. The Hall–Kier alpha value is -1.45. The third-order valence-corrected chi connectivity index (χ3v) is 3.08. The molecule has 2 aromatic rings. The first-order valence-corrected chi connectivity index (χ1v) is 6.79. The number of ether oxygens (including phenoxy) is 1. The Balaban J connectivity index is 1.95.